The minimum absolute atomic E-state index is 0.360. The second kappa shape index (κ2) is 8.40. The van der Waals surface area contributed by atoms with Gasteiger partial charge in [-0.25, -0.2) is 9.37 Å². The van der Waals surface area contributed by atoms with Gasteiger partial charge in [-0.05, 0) is 49.0 Å². The summed E-state index contributed by atoms with van der Waals surface area (Å²) in [5.74, 6) is 0.441. The Balaban J connectivity index is 1.65. The molecule has 0 unspecified atom stereocenters. The Kier molecular flexibility index (Phi) is 5.76. The lowest BCUT2D eigenvalue weighted by Gasteiger charge is -2.14. The molecule has 0 bridgehead atoms. The van der Waals surface area contributed by atoms with E-state index in [0.717, 1.165) is 16.8 Å². The van der Waals surface area contributed by atoms with Crippen LogP contribution in [0.5, 0.6) is 11.6 Å². The molecule has 4 nitrogen and oxygen atoms in total. The Morgan fingerprint density at radius 2 is 1.96 bits per heavy atom. The molecule has 1 heterocycles. The van der Waals surface area contributed by atoms with E-state index in [4.69, 9.17) is 17.0 Å². The minimum Gasteiger partial charge on any atom is -0.439 e. The van der Waals surface area contributed by atoms with Crippen LogP contribution < -0.4 is 15.4 Å². The van der Waals surface area contributed by atoms with E-state index in [1.165, 1.54) is 12.1 Å². The number of nitrogens with zero attached hydrogens (tertiary/aromatic N) is 1. The van der Waals surface area contributed by atoms with E-state index in [0.29, 0.717) is 23.3 Å². The first-order valence-corrected chi connectivity index (χ1v) is 8.50. The van der Waals surface area contributed by atoms with Crippen LogP contribution in [0.25, 0.3) is 0 Å². The number of hydrogen-bond acceptors (Lipinski definition) is 3. The van der Waals surface area contributed by atoms with Crippen LogP contribution in [0.4, 0.5) is 10.1 Å². The quantitative estimate of drug-likeness (QED) is 0.634. The van der Waals surface area contributed by atoms with Crippen molar-refractivity contribution < 1.29 is 9.13 Å². The Morgan fingerprint density at radius 3 is 2.77 bits per heavy atom. The highest BCUT2D eigenvalue weighted by molar-refractivity contribution is 7.80. The predicted octanol–water partition coefficient (Wildman–Crippen LogP) is 4.81. The number of hydrogen-bond donors (Lipinski definition) is 2. The zero-order valence-electron chi connectivity index (χ0n) is 14.2. The highest BCUT2D eigenvalue weighted by atomic mass is 32.1. The molecule has 1 aromatic heterocycles. The SMILES string of the molecule is Cc1ccccc1NC(=S)NCc1cccnc1Oc1cccc(F)c1. The number of pyridine rings is 1. The highest BCUT2D eigenvalue weighted by Gasteiger charge is 2.08. The van der Waals surface area contributed by atoms with E-state index in [-0.39, 0.29) is 5.82 Å². The summed E-state index contributed by atoms with van der Waals surface area (Å²) in [7, 11) is 0. The number of anilines is 1. The van der Waals surface area contributed by atoms with Gasteiger partial charge in [-0.1, -0.05) is 30.3 Å². The fourth-order valence-electron chi connectivity index (χ4n) is 2.35. The molecule has 0 saturated carbocycles. The second-order valence-electron chi connectivity index (χ2n) is 5.65. The van der Waals surface area contributed by atoms with Crippen LogP contribution in [0.3, 0.4) is 0 Å². The highest BCUT2D eigenvalue weighted by Crippen LogP contribution is 2.23. The van der Waals surface area contributed by atoms with Gasteiger partial charge in [0.25, 0.3) is 0 Å². The Bertz CT molecular complexity index is 917. The lowest BCUT2D eigenvalue weighted by Crippen LogP contribution is -2.28. The lowest BCUT2D eigenvalue weighted by molar-refractivity contribution is 0.451. The van der Waals surface area contributed by atoms with Crippen molar-refractivity contribution in [2.45, 2.75) is 13.5 Å². The van der Waals surface area contributed by atoms with Crippen molar-refractivity contribution in [3.8, 4) is 11.6 Å². The van der Waals surface area contributed by atoms with Gasteiger partial charge < -0.3 is 15.4 Å². The third-order valence-electron chi connectivity index (χ3n) is 3.69. The number of rotatable bonds is 5. The monoisotopic (exact) mass is 367 g/mol. The summed E-state index contributed by atoms with van der Waals surface area (Å²) in [5, 5.41) is 6.80. The number of benzene rings is 2. The van der Waals surface area contributed by atoms with Gasteiger partial charge >= 0.3 is 0 Å². The van der Waals surface area contributed by atoms with Gasteiger partial charge in [-0.15, -0.1) is 0 Å². The normalized spacial score (nSPS) is 10.2. The van der Waals surface area contributed by atoms with Crippen LogP contribution in [-0.4, -0.2) is 10.1 Å². The molecule has 0 fully saturated rings. The Morgan fingerprint density at radius 1 is 1.12 bits per heavy atom. The Labute approximate surface area is 157 Å². The molecule has 0 aliphatic carbocycles. The predicted molar refractivity (Wildman–Crippen MR) is 105 cm³/mol. The summed E-state index contributed by atoms with van der Waals surface area (Å²) in [4.78, 5) is 4.23. The standard InChI is InChI=1S/C20H18FN3OS/c1-14-6-2-3-10-18(14)24-20(26)23-13-15-7-5-11-22-19(15)25-17-9-4-8-16(21)12-17/h2-12H,13H2,1H3,(H2,23,24,26). The van der Waals surface area contributed by atoms with E-state index < -0.39 is 0 Å². The van der Waals surface area contributed by atoms with Crippen molar-refractivity contribution in [1.82, 2.24) is 10.3 Å². The molecule has 0 atom stereocenters. The smallest absolute Gasteiger partial charge is 0.224 e. The van der Waals surface area contributed by atoms with Crippen molar-refractivity contribution in [2.75, 3.05) is 5.32 Å². The number of thiocarbonyl (C=S) groups is 1. The van der Waals surface area contributed by atoms with Crippen molar-refractivity contribution in [2.24, 2.45) is 0 Å². The van der Waals surface area contributed by atoms with Crippen LogP contribution in [0.1, 0.15) is 11.1 Å². The van der Waals surface area contributed by atoms with E-state index in [1.807, 2.05) is 43.3 Å². The number of aryl methyl sites for hydroxylation is 1. The first kappa shape index (κ1) is 17.8. The fraction of sp³-hybridized carbons (Fsp3) is 0.100. The second-order valence-corrected chi connectivity index (χ2v) is 6.06. The van der Waals surface area contributed by atoms with Gasteiger partial charge in [0, 0.05) is 30.1 Å². The first-order valence-electron chi connectivity index (χ1n) is 8.09. The van der Waals surface area contributed by atoms with Gasteiger partial charge in [0.1, 0.15) is 11.6 Å². The molecule has 0 amide bonds. The van der Waals surface area contributed by atoms with E-state index >= 15 is 0 Å². The van der Waals surface area contributed by atoms with Crippen LogP contribution in [0, 0.1) is 12.7 Å². The lowest BCUT2D eigenvalue weighted by atomic mass is 10.2. The molecular formula is C20H18FN3OS. The fourth-order valence-corrected chi connectivity index (χ4v) is 2.53. The molecule has 3 rings (SSSR count). The first-order chi connectivity index (χ1) is 12.6. The van der Waals surface area contributed by atoms with Crippen LogP contribution in [0.15, 0.2) is 66.9 Å². The molecule has 0 radical (unpaired) electrons. The van der Waals surface area contributed by atoms with E-state index in [1.54, 1.807) is 18.3 Å². The minimum atomic E-state index is -0.360. The summed E-state index contributed by atoms with van der Waals surface area (Å²) >= 11 is 5.35. The van der Waals surface area contributed by atoms with Gasteiger partial charge in [-0.2, -0.15) is 0 Å². The number of nitrogens with one attached hydrogen (secondary N) is 2. The molecule has 2 aromatic carbocycles. The maximum absolute atomic E-state index is 13.3. The average molecular weight is 367 g/mol. The average Bonchev–Trinajstić information content (AvgIpc) is 2.63. The summed E-state index contributed by atoms with van der Waals surface area (Å²) in [6.07, 6.45) is 1.63. The molecule has 3 aromatic rings. The summed E-state index contributed by atoms with van der Waals surface area (Å²) in [6, 6.07) is 17.5. The Hall–Kier alpha value is -2.99. The van der Waals surface area contributed by atoms with Crippen molar-refractivity contribution in [3.63, 3.8) is 0 Å². The number of ether oxygens (including phenoxy) is 1. The number of halogens is 1. The van der Waals surface area contributed by atoms with Crippen molar-refractivity contribution >= 4 is 23.0 Å². The van der Waals surface area contributed by atoms with Gasteiger partial charge in [0.05, 0.1) is 0 Å². The van der Waals surface area contributed by atoms with Gasteiger partial charge in [0.2, 0.25) is 5.88 Å². The van der Waals surface area contributed by atoms with Crippen LogP contribution in [0.2, 0.25) is 0 Å². The third-order valence-corrected chi connectivity index (χ3v) is 3.94. The summed E-state index contributed by atoms with van der Waals surface area (Å²) < 4.78 is 19.0. The molecule has 0 saturated heterocycles. The molecule has 0 spiro atoms. The molecule has 26 heavy (non-hydrogen) atoms. The zero-order valence-corrected chi connectivity index (χ0v) is 15.0. The molecule has 2 N–H and O–H groups in total. The molecule has 132 valence electrons. The molecular weight excluding hydrogens is 349 g/mol. The molecule has 0 aliphatic heterocycles. The third kappa shape index (κ3) is 4.77. The topological polar surface area (TPSA) is 46.2 Å². The number of para-hydroxylation sites is 1. The molecule has 6 heteroatoms. The maximum Gasteiger partial charge on any atom is 0.224 e. The van der Waals surface area contributed by atoms with Crippen molar-refractivity contribution in [3.05, 3.63) is 83.8 Å². The summed E-state index contributed by atoms with van der Waals surface area (Å²) in [5.41, 5.74) is 2.87. The summed E-state index contributed by atoms with van der Waals surface area (Å²) in [6.45, 7) is 2.44. The number of aromatic nitrogens is 1. The van der Waals surface area contributed by atoms with Crippen LogP contribution in [-0.2, 0) is 6.54 Å². The molecule has 0 aliphatic rings. The maximum atomic E-state index is 13.3. The van der Waals surface area contributed by atoms with Gasteiger partial charge in [-0.3, -0.25) is 0 Å². The van der Waals surface area contributed by atoms with Crippen molar-refractivity contribution in [1.29, 1.82) is 0 Å². The zero-order chi connectivity index (χ0) is 18.4. The van der Waals surface area contributed by atoms with Crippen LogP contribution >= 0.6 is 12.2 Å². The largest absolute Gasteiger partial charge is 0.439 e. The van der Waals surface area contributed by atoms with Gasteiger partial charge in [0.15, 0.2) is 5.11 Å². The van der Waals surface area contributed by atoms with E-state index in [9.17, 15) is 4.39 Å². The van der Waals surface area contributed by atoms with E-state index in [2.05, 4.69) is 15.6 Å².